The molecule has 0 fully saturated rings. The molecule has 0 unspecified atom stereocenters. The van der Waals surface area contributed by atoms with Crippen LogP contribution in [0.3, 0.4) is 0 Å². The Balaban J connectivity index is 1.88. The molecular formula is C19H23N3O3. The Kier molecular flexibility index (Phi) is 6.98. The van der Waals surface area contributed by atoms with Crippen LogP contribution in [0.25, 0.3) is 0 Å². The molecular weight excluding hydrogens is 318 g/mol. The number of anilines is 2. The van der Waals surface area contributed by atoms with E-state index in [0.29, 0.717) is 24.4 Å². The van der Waals surface area contributed by atoms with E-state index < -0.39 is 0 Å². The van der Waals surface area contributed by atoms with Crippen molar-refractivity contribution in [3.05, 3.63) is 59.7 Å². The number of rotatable bonds is 8. The van der Waals surface area contributed by atoms with E-state index in [1.54, 1.807) is 31.4 Å². The van der Waals surface area contributed by atoms with Crippen molar-refractivity contribution in [2.45, 2.75) is 6.92 Å². The van der Waals surface area contributed by atoms with Crippen LogP contribution in [0.5, 0.6) is 0 Å². The van der Waals surface area contributed by atoms with Crippen molar-refractivity contribution >= 4 is 23.2 Å². The Bertz CT molecular complexity index is 731. The SMILES string of the molecule is COCCNC(=O)c1cccc(NC(=O)CNc2cccc(C)c2)c1. The van der Waals surface area contributed by atoms with E-state index in [4.69, 9.17) is 4.74 Å². The highest BCUT2D eigenvalue weighted by molar-refractivity contribution is 5.98. The van der Waals surface area contributed by atoms with Crippen molar-refractivity contribution in [3.8, 4) is 0 Å². The van der Waals surface area contributed by atoms with Crippen molar-refractivity contribution in [1.29, 1.82) is 0 Å². The van der Waals surface area contributed by atoms with Gasteiger partial charge in [0.1, 0.15) is 0 Å². The molecule has 0 saturated heterocycles. The maximum absolute atomic E-state index is 12.1. The summed E-state index contributed by atoms with van der Waals surface area (Å²) in [5.74, 6) is -0.385. The molecule has 0 bridgehead atoms. The molecule has 0 spiro atoms. The standard InChI is InChI=1S/C19H23N3O3/c1-14-5-3-7-16(11-14)21-13-18(23)22-17-8-4-6-15(12-17)19(24)20-9-10-25-2/h3-8,11-12,21H,9-10,13H2,1-2H3,(H,20,24)(H,22,23). The average molecular weight is 341 g/mol. The molecule has 2 rings (SSSR count). The van der Waals surface area contributed by atoms with E-state index in [1.807, 2.05) is 31.2 Å². The number of hydrogen-bond acceptors (Lipinski definition) is 4. The smallest absolute Gasteiger partial charge is 0.251 e. The van der Waals surface area contributed by atoms with Crippen LogP contribution in [-0.2, 0) is 9.53 Å². The summed E-state index contributed by atoms with van der Waals surface area (Å²) in [5.41, 5.74) is 3.08. The second kappa shape index (κ2) is 9.44. The first kappa shape index (κ1) is 18.5. The largest absolute Gasteiger partial charge is 0.383 e. The van der Waals surface area contributed by atoms with Gasteiger partial charge < -0.3 is 20.7 Å². The number of benzene rings is 2. The molecule has 2 amide bonds. The molecule has 132 valence electrons. The van der Waals surface area contributed by atoms with Crippen molar-refractivity contribution in [1.82, 2.24) is 5.32 Å². The molecule has 0 radical (unpaired) electrons. The van der Waals surface area contributed by atoms with Crippen LogP contribution >= 0.6 is 0 Å². The van der Waals surface area contributed by atoms with Crippen molar-refractivity contribution in [2.24, 2.45) is 0 Å². The zero-order valence-corrected chi connectivity index (χ0v) is 14.5. The minimum Gasteiger partial charge on any atom is -0.383 e. The van der Waals surface area contributed by atoms with E-state index >= 15 is 0 Å². The van der Waals surface area contributed by atoms with Crippen molar-refractivity contribution in [3.63, 3.8) is 0 Å². The number of nitrogens with one attached hydrogen (secondary N) is 3. The first-order chi connectivity index (χ1) is 12.1. The highest BCUT2D eigenvalue weighted by Gasteiger charge is 2.07. The fourth-order valence-corrected chi connectivity index (χ4v) is 2.25. The summed E-state index contributed by atoms with van der Waals surface area (Å²) in [7, 11) is 1.58. The zero-order valence-electron chi connectivity index (χ0n) is 14.5. The number of aryl methyl sites for hydroxylation is 1. The molecule has 6 heteroatoms. The van der Waals surface area contributed by atoms with E-state index in [1.165, 1.54) is 0 Å². The molecule has 2 aromatic carbocycles. The topological polar surface area (TPSA) is 79.5 Å². The molecule has 2 aromatic rings. The van der Waals surface area contributed by atoms with Crippen LogP contribution in [0.1, 0.15) is 15.9 Å². The third-order valence-electron chi connectivity index (χ3n) is 3.47. The van der Waals surface area contributed by atoms with Crippen LogP contribution in [0.4, 0.5) is 11.4 Å². The number of ether oxygens (including phenoxy) is 1. The Morgan fingerprint density at radius 1 is 1.04 bits per heavy atom. The predicted octanol–water partition coefficient (Wildman–Crippen LogP) is 2.42. The van der Waals surface area contributed by atoms with Crippen LogP contribution in [0.2, 0.25) is 0 Å². The summed E-state index contributed by atoms with van der Waals surface area (Å²) in [6.07, 6.45) is 0. The lowest BCUT2D eigenvalue weighted by molar-refractivity contribution is -0.114. The second-order valence-corrected chi connectivity index (χ2v) is 5.60. The molecule has 3 N–H and O–H groups in total. The van der Waals surface area contributed by atoms with Gasteiger partial charge in [0.2, 0.25) is 5.91 Å². The van der Waals surface area contributed by atoms with Gasteiger partial charge in [-0.3, -0.25) is 9.59 Å². The highest BCUT2D eigenvalue weighted by Crippen LogP contribution is 2.12. The molecule has 0 aliphatic carbocycles. The number of carbonyl (C=O) groups is 2. The van der Waals surface area contributed by atoms with Gasteiger partial charge in [0, 0.05) is 30.6 Å². The summed E-state index contributed by atoms with van der Waals surface area (Å²) in [6, 6.07) is 14.6. The Morgan fingerprint density at radius 3 is 2.56 bits per heavy atom. The number of amides is 2. The van der Waals surface area contributed by atoms with Gasteiger partial charge in [-0.1, -0.05) is 18.2 Å². The summed E-state index contributed by atoms with van der Waals surface area (Å²) in [5, 5.41) is 8.60. The highest BCUT2D eigenvalue weighted by atomic mass is 16.5. The fraction of sp³-hybridized carbons (Fsp3) is 0.263. The van der Waals surface area contributed by atoms with Crippen LogP contribution in [-0.4, -0.2) is 38.6 Å². The predicted molar refractivity (Wildman–Crippen MR) is 98.9 cm³/mol. The monoisotopic (exact) mass is 341 g/mol. The number of hydrogen-bond donors (Lipinski definition) is 3. The summed E-state index contributed by atoms with van der Waals surface area (Å²) >= 11 is 0. The van der Waals surface area contributed by atoms with Crippen molar-refractivity contribution < 1.29 is 14.3 Å². The van der Waals surface area contributed by atoms with Gasteiger partial charge in [-0.05, 0) is 42.8 Å². The normalized spacial score (nSPS) is 10.2. The maximum atomic E-state index is 12.1. The zero-order chi connectivity index (χ0) is 18.1. The van der Waals surface area contributed by atoms with E-state index in [-0.39, 0.29) is 18.4 Å². The number of methoxy groups -OCH3 is 1. The lowest BCUT2D eigenvalue weighted by atomic mass is 10.2. The molecule has 0 aromatic heterocycles. The van der Waals surface area contributed by atoms with Crippen LogP contribution < -0.4 is 16.0 Å². The summed E-state index contributed by atoms with van der Waals surface area (Å²) < 4.78 is 4.90. The third-order valence-corrected chi connectivity index (χ3v) is 3.47. The molecule has 6 nitrogen and oxygen atoms in total. The van der Waals surface area contributed by atoms with Crippen molar-refractivity contribution in [2.75, 3.05) is 37.4 Å². The summed E-state index contributed by atoms with van der Waals surface area (Å²) in [6.45, 7) is 3.03. The molecule has 0 aliphatic heterocycles. The molecule has 0 heterocycles. The van der Waals surface area contributed by atoms with Gasteiger partial charge in [-0.15, -0.1) is 0 Å². The van der Waals surface area contributed by atoms with Crippen LogP contribution in [0, 0.1) is 6.92 Å². The average Bonchev–Trinajstić information content (AvgIpc) is 2.60. The van der Waals surface area contributed by atoms with Gasteiger partial charge in [0.15, 0.2) is 0 Å². The van der Waals surface area contributed by atoms with E-state index in [0.717, 1.165) is 11.3 Å². The first-order valence-corrected chi connectivity index (χ1v) is 8.06. The van der Waals surface area contributed by atoms with Gasteiger partial charge in [-0.2, -0.15) is 0 Å². The second-order valence-electron chi connectivity index (χ2n) is 5.60. The quantitative estimate of drug-likeness (QED) is 0.644. The van der Waals surface area contributed by atoms with E-state index in [2.05, 4.69) is 16.0 Å². The molecule has 0 saturated carbocycles. The van der Waals surface area contributed by atoms with Gasteiger partial charge in [0.25, 0.3) is 5.91 Å². The Labute approximate surface area is 147 Å². The minimum atomic E-state index is -0.203. The Hall–Kier alpha value is -2.86. The summed E-state index contributed by atoms with van der Waals surface area (Å²) in [4.78, 5) is 24.1. The fourth-order valence-electron chi connectivity index (χ4n) is 2.25. The van der Waals surface area contributed by atoms with Gasteiger partial charge >= 0.3 is 0 Å². The van der Waals surface area contributed by atoms with E-state index in [9.17, 15) is 9.59 Å². The minimum absolute atomic E-state index is 0.147. The lowest BCUT2D eigenvalue weighted by Crippen LogP contribution is -2.27. The van der Waals surface area contributed by atoms with Gasteiger partial charge in [0.05, 0.1) is 13.2 Å². The Morgan fingerprint density at radius 2 is 1.80 bits per heavy atom. The molecule has 25 heavy (non-hydrogen) atoms. The molecule has 0 atom stereocenters. The molecule has 0 aliphatic rings. The third kappa shape index (κ3) is 6.27. The first-order valence-electron chi connectivity index (χ1n) is 8.06. The van der Waals surface area contributed by atoms with Crippen LogP contribution in [0.15, 0.2) is 48.5 Å². The number of carbonyl (C=O) groups excluding carboxylic acids is 2. The lowest BCUT2D eigenvalue weighted by Gasteiger charge is -2.10. The van der Waals surface area contributed by atoms with Gasteiger partial charge in [-0.25, -0.2) is 0 Å². The maximum Gasteiger partial charge on any atom is 0.251 e.